The third-order valence-electron chi connectivity index (χ3n) is 6.01. The van der Waals surface area contributed by atoms with Gasteiger partial charge in [-0.2, -0.15) is 0 Å². The number of carbonyl (C=O) groups is 1. The minimum absolute atomic E-state index is 0.108. The molecule has 2 fully saturated rings. The Kier molecular flexibility index (Phi) is 6.80. The van der Waals surface area contributed by atoms with Crippen molar-refractivity contribution < 1.29 is 18.7 Å². The summed E-state index contributed by atoms with van der Waals surface area (Å²) in [5.74, 6) is -0.259. The first kappa shape index (κ1) is 21.0. The molecular weight excluding hydrogens is 381 g/mol. The number of benzene rings is 2. The van der Waals surface area contributed by atoms with Crippen LogP contribution in [0, 0.1) is 5.82 Å². The quantitative estimate of drug-likeness (QED) is 0.687. The lowest BCUT2D eigenvalue weighted by Gasteiger charge is -2.35. The van der Waals surface area contributed by atoms with Crippen molar-refractivity contribution in [2.24, 2.45) is 0 Å². The summed E-state index contributed by atoms with van der Waals surface area (Å²) < 4.78 is 24.3. The van der Waals surface area contributed by atoms with E-state index in [0.29, 0.717) is 24.9 Å². The first-order valence-corrected chi connectivity index (χ1v) is 11.0. The average molecular weight is 412 g/mol. The number of rotatable bonds is 4. The summed E-state index contributed by atoms with van der Waals surface area (Å²) in [6.45, 7) is 3.65. The number of hydrogen-bond donors (Lipinski definition) is 0. The second-order valence-corrected chi connectivity index (χ2v) is 8.42. The van der Waals surface area contributed by atoms with Crippen LogP contribution in [0.1, 0.15) is 55.3 Å². The summed E-state index contributed by atoms with van der Waals surface area (Å²) >= 11 is 0. The Bertz CT molecular complexity index is 829. The van der Waals surface area contributed by atoms with E-state index in [4.69, 9.17) is 9.47 Å². The minimum Gasteiger partial charge on any atom is -0.376 e. The summed E-state index contributed by atoms with van der Waals surface area (Å²) in [6.07, 6.45) is 8.08. The van der Waals surface area contributed by atoms with Gasteiger partial charge in [0, 0.05) is 6.54 Å². The molecule has 5 rings (SSSR count). The van der Waals surface area contributed by atoms with Gasteiger partial charge in [0.25, 0.3) is 0 Å². The Balaban J connectivity index is 0.000000168. The second kappa shape index (κ2) is 9.71. The number of halogens is 1. The largest absolute Gasteiger partial charge is 0.376 e. The first-order chi connectivity index (χ1) is 14.6. The van der Waals surface area contributed by atoms with Crippen molar-refractivity contribution in [2.45, 2.75) is 63.4 Å². The fourth-order valence-corrected chi connectivity index (χ4v) is 4.16. The van der Waals surface area contributed by atoms with E-state index in [1.807, 2.05) is 18.2 Å². The van der Waals surface area contributed by atoms with Crippen molar-refractivity contribution in [2.75, 3.05) is 13.2 Å². The maximum atomic E-state index is 13.0. The predicted molar refractivity (Wildman–Crippen MR) is 114 cm³/mol. The average Bonchev–Trinajstić information content (AvgIpc) is 3.60. The third-order valence-corrected chi connectivity index (χ3v) is 6.01. The number of amides is 1. The highest BCUT2D eigenvalue weighted by Gasteiger charge is 2.29. The highest BCUT2D eigenvalue weighted by atomic mass is 19.1. The van der Waals surface area contributed by atoms with Gasteiger partial charge in [-0.1, -0.05) is 36.4 Å². The molecule has 5 heteroatoms. The number of fused-ring (bicyclic) bond motifs is 1. The SMILES string of the molecule is C[C@H]1CC[C@@H](OC2CC2)CO1.O=CN1CCc2ccccc2[C@@H]1c1ccc(F)cc1. The molecule has 3 aliphatic rings. The van der Waals surface area contributed by atoms with Crippen molar-refractivity contribution in [3.63, 3.8) is 0 Å². The van der Waals surface area contributed by atoms with Gasteiger partial charge in [-0.25, -0.2) is 4.39 Å². The molecule has 1 amide bonds. The van der Waals surface area contributed by atoms with Gasteiger partial charge in [-0.15, -0.1) is 0 Å². The molecule has 0 spiro atoms. The van der Waals surface area contributed by atoms with Crippen LogP contribution < -0.4 is 0 Å². The number of carbonyl (C=O) groups excluding carboxylic acids is 1. The molecule has 30 heavy (non-hydrogen) atoms. The number of hydrogen-bond acceptors (Lipinski definition) is 3. The van der Waals surface area contributed by atoms with Crippen LogP contribution in [0.2, 0.25) is 0 Å². The molecule has 0 bridgehead atoms. The van der Waals surface area contributed by atoms with Gasteiger partial charge in [0.1, 0.15) is 5.82 Å². The van der Waals surface area contributed by atoms with E-state index < -0.39 is 0 Å². The van der Waals surface area contributed by atoms with E-state index in [-0.39, 0.29) is 11.9 Å². The van der Waals surface area contributed by atoms with Crippen LogP contribution in [-0.2, 0) is 20.7 Å². The Morgan fingerprint density at radius 2 is 1.77 bits per heavy atom. The second-order valence-electron chi connectivity index (χ2n) is 8.42. The molecule has 160 valence electrons. The molecule has 1 saturated carbocycles. The van der Waals surface area contributed by atoms with Crippen molar-refractivity contribution in [1.82, 2.24) is 4.90 Å². The maximum Gasteiger partial charge on any atom is 0.210 e. The van der Waals surface area contributed by atoms with Gasteiger partial charge >= 0.3 is 0 Å². The van der Waals surface area contributed by atoms with Crippen molar-refractivity contribution in [1.29, 1.82) is 0 Å². The van der Waals surface area contributed by atoms with Crippen LogP contribution in [0.25, 0.3) is 0 Å². The molecule has 2 aromatic carbocycles. The van der Waals surface area contributed by atoms with Crippen LogP contribution in [0.4, 0.5) is 4.39 Å². The normalized spacial score (nSPS) is 25.7. The van der Waals surface area contributed by atoms with E-state index in [1.165, 1.54) is 37.0 Å². The van der Waals surface area contributed by atoms with E-state index in [9.17, 15) is 9.18 Å². The Hall–Kier alpha value is -2.24. The molecule has 3 atom stereocenters. The molecule has 4 nitrogen and oxygen atoms in total. The van der Waals surface area contributed by atoms with Gasteiger partial charge in [-0.05, 0) is 67.9 Å². The summed E-state index contributed by atoms with van der Waals surface area (Å²) in [7, 11) is 0. The summed E-state index contributed by atoms with van der Waals surface area (Å²) in [4.78, 5) is 13.0. The molecule has 1 saturated heterocycles. The molecule has 0 aromatic heterocycles. The van der Waals surface area contributed by atoms with Crippen LogP contribution in [0.3, 0.4) is 0 Å². The van der Waals surface area contributed by atoms with Crippen LogP contribution in [0.5, 0.6) is 0 Å². The fraction of sp³-hybridized carbons (Fsp3) is 0.480. The first-order valence-electron chi connectivity index (χ1n) is 11.0. The topological polar surface area (TPSA) is 38.8 Å². The zero-order valence-electron chi connectivity index (χ0n) is 17.5. The molecule has 2 heterocycles. The van der Waals surface area contributed by atoms with E-state index >= 15 is 0 Å². The van der Waals surface area contributed by atoms with Crippen LogP contribution in [0.15, 0.2) is 48.5 Å². The van der Waals surface area contributed by atoms with Crippen LogP contribution in [-0.4, -0.2) is 42.8 Å². The van der Waals surface area contributed by atoms with Gasteiger partial charge in [0.05, 0.1) is 31.0 Å². The Morgan fingerprint density at radius 1 is 1.03 bits per heavy atom. The van der Waals surface area contributed by atoms with Crippen molar-refractivity contribution in [3.8, 4) is 0 Å². The zero-order valence-corrected chi connectivity index (χ0v) is 17.5. The Morgan fingerprint density at radius 3 is 2.43 bits per heavy atom. The molecule has 0 unspecified atom stereocenters. The van der Waals surface area contributed by atoms with Gasteiger partial charge < -0.3 is 14.4 Å². The lowest BCUT2D eigenvalue weighted by molar-refractivity contribution is -0.119. The van der Waals surface area contributed by atoms with Gasteiger partial charge in [-0.3, -0.25) is 4.79 Å². The Labute approximate surface area is 178 Å². The van der Waals surface area contributed by atoms with Gasteiger partial charge in [0.15, 0.2) is 0 Å². The molecule has 2 aromatic rings. The lowest BCUT2D eigenvalue weighted by Crippen LogP contribution is -2.34. The molecule has 0 radical (unpaired) electrons. The van der Waals surface area contributed by atoms with Crippen molar-refractivity contribution in [3.05, 3.63) is 71.0 Å². The summed E-state index contributed by atoms with van der Waals surface area (Å²) in [6, 6.07) is 14.4. The van der Waals surface area contributed by atoms with Gasteiger partial charge in [0.2, 0.25) is 6.41 Å². The highest BCUT2D eigenvalue weighted by Crippen LogP contribution is 2.34. The number of ether oxygens (including phenoxy) is 2. The third kappa shape index (κ3) is 5.27. The zero-order chi connectivity index (χ0) is 20.9. The fourth-order valence-electron chi connectivity index (χ4n) is 4.16. The standard InChI is InChI=1S/C16H14FNO.C9H16O2/c17-14-7-5-13(6-8-14)16-15-4-2-1-3-12(15)9-10-18(16)11-19;1-7-2-3-9(6-10-7)11-8-4-5-8/h1-8,11,16H,9-10H2;7-9H,2-6H2,1H3/t16-;7-,9+/m00/s1. The number of nitrogens with zero attached hydrogens (tertiary/aromatic N) is 1. The van der Waals surface area contributed by atoms with E-state index in [0.717, 1.165) is 37.0 Å². The summed E-state index contributed by atoms with van der Waals surface area (Å²) in [5, 5.41) is 0. The monoisotopic (exact) mass is 411 g/mol. The van der Waals surface area contributed by atoms with Crippen LogP contribution >= 0.6 is 0 Å². The highest BCUT2D eigenvalue weighted by molar-refractivity contribution is 5.54. The predicted octanol–water partition coefficient (Wildman–Crippen LogP) is 4.66. The summed E-state index contributed by atoms with van der Waals surface area (Å²) in [5.41, 5.74) is 3.34. The molecule has 0 N–H and O–H groups in total. The van der Waals surface area contributed by atoms with Crippen molar-refractivity contribution >= 4 is 6.41 Å². The van der Waals surface area contributed by atoms with E-state index in [1.54, 1.807) is 17.0 Å². The van der Waals surface area contributed by atoms with E-state index in [2.05, 4.69) is 13.0 Å². The molecule has 1 aliphatic carbocycles. The smallest absolute Gasteiger partial charge is 0.210 e. The lowest BCUT2D eigenvalue weighted by atomic mass is 9.88. The maximum absolute atomic E-state index is 13.0. The molecular formula is C25H30FNO3. The molecule has 2 aliphatic heterocycles. The minimum atomic E-state index is -0.259.